The van der Waals surface area contributed by atoms with Crippen LogP contribution in [-0.4, -0.2) is 9.97 Å². The number of benzene rings is 1. The number of nitrogen functional groups attached to an aromatic ring is 1. The maximum Gasteiger partial charge on any atom is 0.268 e. The first kappa shape index (κ1) is 11.9. The third-order valence-corrected chi connectivity index (χ3v) is 2.98. The number of rotatable bonds is 2. The van der Waals surface area contributed by atoms with Crippen LogP contribution in [0.4, 0.5) is 5.69 Å². The number of anilines is 1. The van der Waals surface area contributed by atoms with Crippen LogP contribution in [0.1, 0.15) is 0 Å². The Morgan fingerprint density at radius 3 is 2.94 bits per heavy atom. The Morgan fingerprint density at radius 1 is 1.47 bits per heavy atom. The number of nitrogens with one attached hydrogen (secondary N) is 1. The van der Waals surface area contributed by atoms with Crippen molar-refractivity contribution >= 4 is 33.2 Å². The smallest absolute Gasteiger partial charge is 0.268 e. The molecule has 88 valence electrons. The molecule has 0 aliphatic heterocycles. The molecule has 1 heterocycles. The van der Waals surface area contributed by atoms with Crippen molar-refractivity contribution in [3.8, 4) is 11.6 Å². The molecule has 0 atom stereocenters. The van der Waals surface area contributed by atoms with Crippen molar-refractivity contribution in [2.24, 2.45) is 0 Å². The van der Waals surface area contributed by atoms with Crippen LogP contribution in [0.3, 0.4) is 0 Å². The summed E-state index contributed by atoms with van der Waals surface area (Å²) in [4.78, 5) is 17.6. The molecule has 1 aromatic carbocycles. The molecule has 3 N–H and O–H groups in total. The minimum absolute atomic E-state index is 0.162. The normalized spacial score (nSPS) is 10.2. The SMILES string of the molecule is Nc1ccc(Oc2nc[nH]c(=O)c2Br)cc1Cl. The van der Waals surface area contributed by atoms with E-state index in [0.717, 1.165) is 0 Å². The van der Waals surface area contributed by atoms with Gasteiger partial charge in [-0.05, 0) is 28.1 Å². The van der Waals surface area contributed by atoms with Crippen LogP contribution in [0.15, 0.2) is 33.8 Å². The predicted octanol–water partition coefficient (Wildman–Crippen LogP) is 2.56. The number of H-pyrrole nitrogens is 1. The van der Waals surface area contributed by atoms with Gasteiger partial charge in [-0.3, -0.25) is 4.79 Å². The van der Waals surface area contributed by atoms with E-state index in [4.69, 9.17) is 22.1 Å². The largest absolute Gasteiger partial charge is 0.438 e. The summed E-state index contributed by atoms with van der Waals surface area (Å²) in [5, 5.41) is 0.378. The summed E-state index contributed by atoms with van der Waals surface area (Å²) in [5.41, 5.74) is 5.70. The van der Waals surface area contributed by atoms with Crippen molar-refractivity contribution in [1.29, 1.82) is 0 Å². The zero-order valence-electron chi connectivity index (χ0n) is 8.41. The maximum atomic E-state index is 11.3. The first-order valence-electron chi connectivity index (χ1n) is 4.54. The van der Waals surface area contributed by atoms with Crippen LogP contribution in [0, 0.1) is 0 Å². The summed E-state index contributed by atoms with van der Waals surface area (Å²) < 4.78 is 5.62. The second kappa shape index (κ2) is 4.77. The maximum absolute atomic E-state index is 11.3. The van der Waals surface area contributed by atoms with Gasteiger partial charge in [0.05, 0.1) is 17.0 Å². The second-order valence-electron chi connectivity index (χ2n) is 3.14. The van der Waals surface area contributed by atoms with Crippen molar-refractivity contribution in [2.75, 3.05) is 5.73 Å². The topological polar surface area (TPSA) is 81.0 Å². The quantitative estimate of drug-likeness (QED) is 0.834. The van der Waals surface area contributed by atoms with E-state index < -0.39 is 0 Å². The highest BCUT2D eigenvalue weighted by Crippen LogP contribution is 2.28. The van der Waals surface area contributed by atoms with Crippen molar-refractivity contribution in [2.45, 2.75) is 0 Å². The van der Waals surface area contributed by atoms with Crippen LogP contribution >= 0.6 is 27.5 Å². The molecule has 0 aliphatic carbocycles. The summed E-state index contributed by atoms with van der Waals surface area (Å²) in [6.07, 6.45) is 1.25. The first-order chi connectivity index (χ1) is 8.08. The van der Waals surface area contributed by atoms with Gasteiger partial charge in [-0.1, -0.05) is 11.6 Å². The average molecular weight is 317 g/mol. The zero-order chi connectivity index (χ0) is 12.4. The Labute approximate surface area is 110 Å². The van der Waals surface area contributed by atoms with Crippen LogP contribution < -0.4 is 16.0 Å². The van der Waals surface area contributed by atoms with Gasteiger partial charge in [0.2, 0.25) is 5.88 Å². The molecular weight excluding hydrogens is 309 g/mol. The minimum atomic E-state index is -0.323. The Balaban J connectivity index is 2.35. The minimum Gasteiger partial charge on any atom is -0.438 e. The Hall–Kier alpha value is -1.53. The molecule has 0 saturated heterocycles. The molecule has 2 aromatic rings. The van der Waals surface area contributed by atoms with Gasteiger partial charge in [0.15, 0.2) is 0 Å². The fourth-order valence-corrected chi connectivity index (χ4v) is 1.59. The third-order valence-electron chi connectivity index (χ3n) is 1.95. The fourth-order valence-electron chi connectivity index (χ4n) is 1.12. The lowest BCUT2D eigenvalue weighted by Gasteiger charge is -2.06. The van der Waals surface area contributed by atoms with Gasteiger partial charge in [-0.15, -0.1) is 0 Å². The molecule has 0 bridgehead atoms. The van der Waals surface area contributed by atoms with Crippen LogP contribution in [0.5, 0.6) is 11.6 Å². The highest BCUT2D eigenvalue weighted by atomic mass is 79.9. The van der Waals surface area contributed by atoms with E-state index in [1.165, 1.54) is 6.33 Å². The van der Waals surface area contributed by atoms with E-state index in [1.807, 2.05) is 0 Å². The summed E-state index contributed by atoms with van der Waals surface area (Å²) in [7, 11) is 0. The van der Waals surface area contributed by atoms with Crippen molar-refractivity contribution in [1.82, 2.24) is 9.97 Å². The second-order valence-corrected chi connectivity index (χ2v) is 4.34. The molecule has 7 heteroatoms. The van der Waals surface area contributed by atoms with Crippen molar-refractivity contribution in [3.63, 3.8) is 0 Å². The van der Waals surface area contributed by atoms with Gasteiger partial charge in [0, 0.05) is 6.07 Å². The molecule has 0 amide bonds. The summed E-state index contributed by atoms with van der Waals surface area (Å²) in [6.45, 7) is 0. The van der Waals surface area contributed by atoms with E-state index in [9.17, 15) is 4.79 Å². The van der Waals surface area contributed by atoms with E-state index in [0.29, 0.717) is 16.5 Å². The summed E-state index contributed by atoms with van der Waals surface area (Å²) >= 11 is 8.93. The van der Waals surface area contributed by atoms with Crippen LogP contribution in [0.2, 0.25) is 5.02 Å². The van der Waals surface area contributed by atoms with Gasteiger partial charge in [-0.25, -0.2) is 4.98 Å². The van der Waals surface area contributed by atoms with Crippen molar-refractivity contribution in [3.05, 3.63) is 44.4 Å². The van der Waals surface area contributed by atoms with Crippen molar-refractivity contribution < 1.29 is 4.74 Å². The molecule has 0 aliphatic rings. The van der Waals surface area contributed by atoms with E-state index in [-0.39, 0.29) is 15.9 Å². The lowest BCUT2D eigenvalue weighted by Crippen LogP contribution is -2.08. The molecule has 0 saturated carbocycles. The molecule has 17 heavy (non-hydrogen) atoms. The van der Waals surface area contributed by atoms with Gasteiger partial charge in [-0.2, -0.15) is 0 Å². The highest BCUT2D eigenvalue weighted by Gasteiger charge is 2.08. The van der Waals surface area contributed by atoms with E-state index >= 15 is 0 Å². The average Bonchev–Trinajstić information content (AvgIpc) is 2.30. The summed E-state index contributed by atoms with van der Waals surface area (Å²) in [5.74, 6) is 0.609. The number of hydrogen-bond acceptors (Lipinski definition) is 4. The number of halogens is 2. The zero-order valence-corrected chi connectivity index (χ0v) is 10.7. The van der Waals surface area contributed by atoms with Gasteiger partial charge in [0.25, 0.3) is 5.56 Å². The third kappa shape index (κ3) is 2.59. The van der Waals surface area contributed by atoms with E-state index in [2.05, 4.69) is 25.9 Å². The molecular formula is C10H7BrClN3O2. The van der Waals surface area contributed by atoms with Gasteiger partial charge in [0.1, 0.15) is 10.2 Å². The molecule has 0 unspecified atom stereocenters. The highest BCUT2D eigenvalue weighted by molar-refractivity contribution is 9.10. The molecule has 0 radical (unpaired) electrons. The predicted molar refractivity (Wildman–Crippen MR) is 68.5 cm³/mol. The monoisotopic (exact) mass is 315 g/mol. The molecule has 0 fully saturated rings. The first-order valence-corrected chi connectivity index (χ1v) is 5.71. The summed E-state index contributed by atoms with van der Waals surface area (Å²) in [6, 6.07) is 4.79. The van der Waals surface area contributed by atoms with Crippen LogP contribution in [0.25, 0.3) is 0 Å². The Morgan fingerprint density at radius 2 is 2.24 bits per heavy atom. The lowest BCUT2D eigenvalue weighted by molar-refractivity contribution is 0.457. The fraction of sp³-hybridized carbons (Fsp3) is 0. The number of ether oxygens (including phenoxy) is 1. The van der Waals surface area contributed by atoms with Gasteiger partial charge < -0.3 is 15.5 Å². The molecule has 2 rings (SSSR count). The Kier molecular flexibility index (Phi) is 3.35. The number of nitrogens with zero attached hydrogens (tertiary/aromatic N) is 1. The molecule has 1 aromatic heterocycles. The molecule has 5 nitrogen and oxygen atoms in total. The molecule has 0 spiro atoms. The van der Waals surface area contributed by atoms with E-state index in [1.54, 1.807) is 18.2 Å². The standard InChI is InChI=1S/C10H7BrClN3O2/c11-8-9(16)14-4-15-10(8)17-5-1-2-7(13)6(12)3-5/h1-4H,13H2,(H,14,15,16). The number of hydrogen-bond donors (Lipinski definition) is 2. The number of nitrogens with two attached hydrogens (primary N) is 1. The number of aromatic nitrogens is 2. The van der Waals surface area contributed by atoms with Crippen LogP contribution in [-0.2, 0) is 0 Å². The Bertz CT molecular complexity index is 615. The lowest BCUT2D eigenvalue weighted by atomic mass is 10.3. The number of aromatic amines is 1. The van der Waals surface area contributed by atoms with Gasteiger partial charge >= 0.3 is 0 Å².